The standard InChI is InChI=1S/C28H38O7/c1-15-17-9-11-26(4)18(16-12-23(31)34-24(16)32)8-7-10-28(15,26)35-21-14-20(29)25(2,3)19(27(17,21)5)13-22(30)33-6/h12,17-19,21,24,32H,1,7-11,13-14H2,2-6H3/t17-,18+,19+,21+,24-,26+,27-,28+/m1/s1. The molecule has 0 aromatic heterocycles. The van der Waals surface area contributed by atoms with Crippen molar-refractivity contribution in [1.82, 2.24) is 0 Å². The minimum absolute atomic E-state index is 0.0821. The zero-order chi connectivity index (χ0) is 25.6. The van der Waals surface area contributed by atoms with E-state index in [1.807, 2.05) is 13.8 Å². The maximum absolute atomic E-state index is 13.4. The minimum atomic E-state index is -1.22. The molecule has 0 radical (unpaired) electrons. The van der Waals surface area contributed by atoms with E-state index in [9.17, 15) is 19.5 Å². The van der Waals surface area contributed by atoms with Gasteiger partial charge in [-0.25, -0.2) is 4.79 Å². The summed E-state index contributed by atoms with van der Waals surface area (Å²) in [5.41, 5.74) is -0.506. The van der Waals surface area contributed by atoms with Gasteiger partial charge >= 0.3 is 11.9 Å². The van der Waals surface area contributed by atoms with Gasteiger partial charge in [-0.3, -0.25) is 9.59 Å². The van der Waals surface area contributed by atoms with Crippen LogP contribution < -0.4 is 0 Å². The van der Waals surface area contributed by atoms with Crippen LogP contribution in [-0.2, 0) is 28.6 Å². The third-order valence-electron chi connectivity index (χ3n) is 10.9. The van der Waals surface area contributed by atoms with Crippen LogP contribution in [0, 0.1) is 34.0 Å². The Labute approximate surface area is 207 Å². The molecule has 3 aliphatic carbocycles. The fourth-order valence-electron chi connectivity index (χ4n) is 8.88. The Morgan fingerprint density at radius 1 is 1.17 bits per heavy atom. The highest BCUT2D eigenvalue weighted by atomic mass is 16.6. The number of esters is 2. The van der Waals surface area contributed by atoms with Gasteiger partial charge in [0, 0.05) is 40.7 Å². The molecular weight excluding hydrogens is 448 g/mol. The van der Waals surface area contributed by atoms with E-state index in [0.717, 1.165) is 37.7 Å². The first kappa shape index (κ1) is 24.7. The molecule has 0 unspecified atom stereocenters. The molecule has 0 aromatic rings. The van der Waals surface area contributed by atoms with Crippen LogP contribution in [0.5, 0.6) is 0 Å². The average molecular weight is 487 g/mol. The first-order valence-electron chi connectivity index (χ1n) is 12.9. The molecule has 5 aliphatic rings. The van der Waals surface area contributed by atoms with Gasteiger partial charge in [-0.05, 0) is 55.4 Å². The van der Waals surface area contributed by atoms with Crippen LogP contribution >= 0.6 is 0 Å². The summed E-state index contributed by atoms with van der Waals surface area (Å²) < 4.78 is 17.2. The van der Waals surface area contributed by atoms with Crippen LogP contribution in [0.25, 0.3) is 0 Å². The SMILES string of the molecule is C=C1[C@H]2CC[C@@]3(C)[C@H](C4=CC(=O)O[C@H]4O)CCC[C@]13O[C@H]1CC(=O)C(C)(C)[C@H](CC(=O)OC)[C@]12C. The monoisotopic (exact) mass is 486 g/mol. The number of rotatable bonds is 3. The quantitative estimate of drug-likeness (QED) is 0.477. The molecule has 5 rings (SSSR count). The Hall–Kier alpha value is -1.99. The highest BCUT2D eigenvalue weighted by molar-refractivity contribution is 5.87. The van der Waals surface area contributed by atoms with Gasteiger partial charge in [0.15, 0.2) is 0 Å². The Morgan fingerprint density at radius 2 is 1.89 bits per heavy atom. The number of carbonyl (C=O) groups is 3. The van der Waals surface area contributed by atoms with Gasteiger partial charge in [0.05, 0.1) is 18.8 Å². The lowest BCUT2D eigenvalue weighted by Crippen LogP contribution is -2.72. The van der Waals surface area contributed by atoms with E-state index >= 15 is 0 Å². The summed E-state index contributed by atoms with van der Waals surface area (Å²) in [5.74, 6) is -0.934. The van der Waals surface area contributed by atoms with Gasteiger partial charge in [-0.2, -0.15) is 0 Å². The summed E-state index contributed by atoms with van der Waals surface area (Å²) in [6.07, 6.45) is 4.52. The van der Waals surface area contributed by atoms with Gasteiger partial charge in [0.1, 0.15) is 5.78 Å². The summed E-state index contributed by atoms with van der Waals surface area (Å²) in [5, 5.41) is 10.5. The van der Waals surface area contributed by atoms with Gasteiger partial charge in [-0.15, -0.1) is 0 Å². The van der Waals surface area contributed by atoms with Gasteiger partial charge in [-0.1, -0.05) is 34.3 Å². The van der Waals surface area contributed by atoms with Crippen LogP contribution in [0.3, 0.4) is 0 Å². The third kappa shape index (κ3) is 3.06. The molecule has 35 heavy (non-hydrogen) atoms. The second-order valence-electron chi connectivity index (χ2n) is 12.4. The number of hydrogen-bond donors (Lipinski definition) is 1. The van der Waals surface area contributed by atoms with Crippen molar-refractivity contribution in [2.24, 2.45) is 34.0 Å². The smallest absolute Gasteiger partial charge is 0.333 e. The third-order valence-corrected chi connectivity index (χ3v) is 10.9. The largest absolute Gasteiger partial charge is 0.469 e. The van der Waals surface area contributed by atoms with Crippen LogP contribution in [0.1, 0.15) is 72.6 Å². The summed E-state index contributed by atoms with van der Waals surface area (Å²) in [4.78, 5) is 37.9. The number of ether oxygens (including phenoxy) is 3. The predicted molar refractivity (Wildman–Crippen MR) is 127 cm³/mol. The number of aliphatic hydroxyl groups is 1. The summed E-state index contributed by atoms with van der Waals surface area (Å²) in [6.45, 7) is 12.9. The fraction of sp³-hybridized carbons (Fsp3) is 0.750. The van der Waals surface area contributed by atoms with Crippen LogP contribution in [0.15, 0.2) is 23.8 Å². The van der Waals surface area contributed by atoms with Crippen LogP contribution in [0.2, 0.25) is 0 Å². The van der Waals surface area contributed by atoms with Crippen molar-refractivity contribution in [3.05, 3.63) is 23.8 Å². The second-order valence-corrected chi connectivity index (χ2v) is 12.4. The number of Topliss-reactive ketones (excluding diaryl/α,β-unsaturated/α-hetero) is 1. The van der Waals surface area contributed by atoms with Crippen molar-refractivity contribution >= 4 is 17.7 Å². The summed E-state index contributed by atoms with van der Waals surface area (Å²) in [7, 11) is 1.39. The molecule has 8 atom stereocenters. The Kier molecular flexibility index (Phi) is 5.47. The van der Waals surface area contributed by atoms with Crippen molar-refractivity contribution in [2.45, 2.75) is 90.6 Å². The highest BCUT2D eigenvalue weighted by Crippen LogP contribution is 2.72. The number of methoxy groups -OCH3 is 1. The first-order chi connectivity index (χ1) is 16.3. The van der Waals surface area contributed by atoms with Crippen LogP contribution in [0.4, 0.5) is 0 Å². The molecule has 1 spiro atoms. The zero-order valence-electron chi connectivity index (χ0n) is 21.5. The molecule has 0 aromatic carbocycles. The molecule has 2 bridgehead atoms. The van der Waals surface area contributed by atoms with E-state index in [2.05, 4.69) is 20.4 Å². The molecule has 7 heteroatoms. The normalized spacial score (nSPS) is 46.3. The lowest BCUT2D eigenvalue weighted by molar-refractivity contribution is -0.284. The van der Waals surface area contributed by atoms with Crippen molar-refractivity contribution in [3.63, 3.8) is 0 Å². The van der Waals surface area contributed by atoms with Crippen LogP contribution in [-0.4, -0.2) is 47.9 Å². The number of ketones is 1. The van der Waals surface area contributed by atoms with Crippen molar-refractivity contribution in [3.8, 4) is 0 Å². The molecule has 0 amide bonds. The molecule has 1 N–H and O–H groups in total. The first-order valence-corrected chi connectivity index (χ1v) is 12.9. The lowest BCUT2D eigenvalue weighted by atomic mass is 9.40. The van der Waals surface area contributed by atoms with E-state index in [0.29, 0.717) is 12.0 Å². The van der Waals surface area contributed by atoms with Gasteiger partial charge < -0.3 is 19.3 Å². The Balaban J connectivity index is 1.59. The van der Waals surface area contributed by atoms with Crippen molar-refractivity contribution in [1.29, 1.82) is 0 Å². The number of carbonyl (C=O) groups excluding carboxylic acids is 3. The molecule has 3 saturated carbocycles. The molecule has 4 fully saturated rings. The maximum atomic E-state index is 13.4. The Bertz CT molecular complexity index is 1030. The van der Waals surface area contributed by atoms with E-state index < -0.39 is 34.1 Å². The summed E-state index contributed by atoms with van der Waals surface area (Å²) in [6, 6.07) is 0. The lowest BCUT2D eigenvalue weighted by Gasteiger charge is -2.71. The minimum Gasteiger partial charge on any atom is -0.469 e. The maximum Gasteiger partial charge on any atom is 0.333 e. The van der Waals surface area contributed by atoms with Gasteiger partial charge in [0.25, 0.3) is 0 Å². The van der Waals surface area contributed by atoms with E-state index in [4.69, 9.17) is 14.2 Å². The molecule has 2 aliphatic heterocycles. The number of aliphatic hydroxyl groups excluding tert-OH is 1. The Morgan fingerprint density at radius 3 is 2.51 bits per heavy atom. The van der Waals surface area contributed by atoms with Crippen molar-refractivity contribution in [2.75, 3.05) is 7.11 Å². The van der Waals surface area contributed by atoms with Gasteiger partial charge in [0.2, 0.25) is 6.29 Å². The van der Waals surface area contributed by atoms with E-state index in [-0.39, 0.29) is 42.0 Å². The highest BCUT2D eigenvalue weighted by Gasteiger charge is 2.72. The molecule has 192 valence electrons. The topological polar surface area (TPSA) is 99.1 Å². The molecular formula is C28H38O7. The zero-order valence-corrected chi connectivity index (χ0v) is 21.5. The van der Waals surface area contributed by atoms with Crippen molar-refractivity contribution < 1.29 is 33.7 Å². The summed E-state index contributed by atoms with van der Waals surface area (Å²) >= 11 is 0. The number of fused-ring (bicyclic) bond motifs is 3. The van der Waals surface area contributed by atoms with E-state index in [1.165, 1.54) is 13.2 Å². The predicted octanol–water partition coefficient (Wildman–Crippen LogP) is 3.88. The fourth-order valence-corrected chi connectivity index (χ4v) is 8.88. The second kappa shape index (κ2) is 7.75. The van der Waals surface area contributed by atoms with E-state index in [1.54, 1.807) is 0 Å². The number of cyclic esters (lactones) is 1. The number of hydrogen-bond acceptors (Lipinski definition) is 7. The molecule has 7 nitrogen and oxygen atoms in total. The molecule has 1 saturated heterocycles. The average Bonchev–Trinajstić information content (AvgIpc) is 3.12. The molecule has 2 heterocycles.